The minimum atomic E-state index is 0.436. The number of unbranched alkanes of at least 4 members (excludes halogenated alkanes) is 1. The Bertz CT molecular complexity index is 534. The summed E-state index contributed by atoms with van der Waals surface area (Å²) in [4.78, 5) is 11.0. The molecule has 94 valence electrons. The number of rotatable bonds is 5. The molecule has 5 heteroatoms. The van der Waals surface area contributed by atoms with Gasteiger partial charge in [0, 0.05) is 4.47 Å². The Labute approximate surface area is 114 Å². The van der Waals surface area contributed by atoms with Gasteiger partial charge in [-0.1, -0.05) is 34.5 Å². The van der Waals surface area contributed by atoms with Crippen molar-refractivity contribution in [1.29, 1.82) is 0 Å². The van der Waals surface area contributed by atoms with Crippen LogP contribution in [0.3, 0.4) is 0 Å². The molecule has 0 unspecified atom stereocenters. The fourth-order valence-electron chi connectivity index (χ4n) is 1.77. The minimum Gasteiger partial charge on any atom is -0.296 e. The molecule has 0 saturated carbocycles. The van der Waals surface area contributed by atoms with Crippen molar-refractivity contribution in [1.82, 2.24) is 15.0 Å². The summed E-state index contributed by atoms with van der Waals surface area (Å²) < 4.78 is 2.75. The Hall–Kier alpha value is -1.49. The molecule has 0 atom stereocenters. The number of hydrogen-bond donors (Lipinski definition) is 0. The van der Waals surface area contributed by atoms with Crippen LogP contribution in [-0.2, 0) is 6.42 Å². The van der Waals surface area contributed by atoms with Crippen molar-refractivity contribution in [3.63, 3.8) is 0 Å². The summed E-state index contributed by atoms with van der Waals surface area (Å²) in [5.74, 6) is 0. The molecule has 2 aromatic rings. The van der Waals surface area contributed by atoms with Crippen LogP contribution in [0.25, 0.3) is 5.69 Å². The second-order valence-electron chi connectivity index (χ2n) is 4.03. The van der Waals surface area contributed by atoms with E-state index < -0.39 is 0 Å². The van der Waals surface area contributed by atoms with Gasteiger partial charge in [0.05, 0.1) is 11.4 Å². The highest BCUT2D eigenvalue weighted by Crippen LogP contribution is 2.17. The molecular formula is C13H14BrN3O. The van der Waals surface area contributed by atoms with Crippen molar-refractivity contribution in [3.8, 4) is 5.69 Å². The molecule has 0 aliphatic heterocycles. The monoisotopic (exact) mass is 307 g/mol. The molecule has 0 N–H and O–H groups in total. The number of carbonyl (C=O) groups is 1. The number of benzene rings is 1. The summed E-state index contributed by atoms with van der Waals surface area (Å²) in [6.45, 7) is 2.12. The molecule has 18 heavy (non-hydrogen) atoms. The molecule has 0 aliphatic rings. The summed E-state index contributed by atoms with van der Waals surface area (Å²) in [5.41, 5.74) is 2.24. The lowest BCUT2D eigenvalue weighted by molar-refractivity contribution is 0.111. The SMILES string of the molecule is CCCCc1c(C=O)nnn1-c1ccc(Br)cc1. The number of hydrogen-bond acceptors (Lipinski definition) is 3. The lowest BCUT2D eigenvalue weighted by Crippen LogP contribution is -2.03. The molecule has 0 aliphatic carbocycles. The van der Waals surface area contributed by atoms with E-state index in [4.69, 9.17) is 0 Å². The fraction of sp³-hybridized carbons (Fsp3) is 0.308. The highest BCUT2D eigenvalue weighted by Gasteiger charge is 2.12. The normalized spacial score (nSPS) is 10.6. The Balaban J connectivity index is 2.40. The van der Waals surface area contributed by atoms with Crippen molar-refractivity contribution in [2.75, 3.05) is 0 Å². The van der Waals surface area contributed by atoms with Crippen molar-refractivity contribution < 1.29 is 4.79 Å². The lowest BCUT2D eigenvalue weighted by Gasteiger charge is -2.06. The molecule has 0 radical (unpaired) electrons. The summed E-state index contributed by atoms with van der Waals surface area (Å²) in [7, 11) is 0. The third-order valence-corrected chi connectivity index (χ3v) is 3.27. The highest BCUT2D eigenvalue weighted by molar-refractivity contribution is 9.10. The molecule has 0 bridgehead atoms. The first-order valence-electron chi connectivity index (χ1n) is 5.92. The van der Waals surface area contributed by atoms with Gasteiger partial charge in [0.1, 0.15) is 5.69 Å². The third kappa shape index (κ3) is 2.67. The van der Waals surface area contributed by atoms with Crippen molar-refractivity contribution in [2.24, 2.45) is 0 Å². The van der Waals surface area contributed by atoms with Crippen LogP contribution >= 0.6 is 15.9 Å². The molecule has 4 nitrogen and oxygen atoms in total. The zero-order valence-electron chi connectivity index (χ0n) is 10.1. The molecule has 0 fully saturated rings. The van der Waals surface area contributed by atoms with Gasteiger partial charge in [0.2, 0.25) is 0 Å². The van der Waals surface area contributed by atoms with E-state index in [0.717, 1.165) is 41.4 Å². The molecular weight excluding hydrogens is 294 g/mol. The number of halogens is 1. The molecule has 2 rings (SSSR count). The average Bonchev–Trinajstić information content (AvgIpc) is 2.80. The van der Waals surface area contributed by atoms with E-state index in [9.17, 15) is 4.79 Å². The highest BCUT2D eigenvalue weighted by atomic mass is 79.9. The minimum absolute atomic E-state index is 0.436. The number of aldehydes is 1. The second-order valence-corrected chi connectivity index (χ2v) is 4.95. The first kappa shape index (κ1) is 13.0. The molecule has 0 saturated heterocycles. The molecule has 1 aromatic heterocycles. The Kier molecular flexibility index (Phi) is 4.25. The van der Waals surface area contributed by atoms with E-state index in [1.807, 2.05) is 24.3 Å². The first-order valence-corrected chi connectivity index (χ1v) is 6.71. The van der Waals surface area contributed by atoms with E-state index in [1.54, 1.807) is 4.68 Å². The maximum absolute atomic E-state index is 11.0. The summed E-state index contributed by atoms with van der Waals surface area (Å²) in [6, 6.07) is 7.79. The number of carbonyl (C=O) groups excluding carboxylic acids is 1. The zero-order valence-corrected chi connectivity index (χ0v) is 11.7. The van der Waals surface area contributed by atoms with Crippen LogP contribution in [0.2, 0.25) is 0 Å². The Morgan fingerprint density at radius 1 is 1.33 bits per heavy atom. The van der Waals surface area contributed by atoms with Gasteiger partial charge in [-0.25, -0.2) is 4.68 Å². The number of nitrogens with zero attached hydrogens (tertiary/aromatic N) is 3. The third-order valence-electron chi connectivity index (χ3n) is 2.74. The van der Waals surface area contributed by atoms with Crippen LogP contribution in [0, 0.1) is 0 Å². The molecule has 0 amide bonds. The largest absolute Gasteiger partial charge is 0.296 e. The lowest BCUT2D eigenvalue weighted by atomic mass is 10.1. The Morgan fingerprint density at radius 3 is 2.67 bits per heavy atom. The molecule has 1 aromatic carbocycles. The summed E-state index contributed by atoms with van der Waals surface area (Å²) in [6.07, 6.45) is 3.68. The van der Waals surface area contributed by atoms with Gasteiger partial charge in [-0.15, -0.1) is 5.10 Å². The second kappa shape index (κ2) is 5.91. The standard InChI is InChI=1S/C13H14BrN3O/c1-2-3-4-13-12(9-18)15-16-17(13)11-7-5-10(14)6-8-11/h5-9H,2-4H2,1H3. The van der Waals surface area contributed by atoms with Crippen LogP contribution in [0.4, 0.5) is 0 Å². The van der Waals surface area contributed by atoms with E-state index in [0.29, 0.717) is 5.69 Å². The van der Waals surface area contributed by atoms with E-state index >= 15 is 0 Å². The van der Waals surface area contributed by atoms with Crippen molar-refractivity contribution >= 4 is 22.2 Å². The predicted molar refractivity (Wildman–Crippen MR) is 73.1 cm³/mol. The Morgan fingerprint density at radius 2 is 2.06 bits per heavy atom. The van der Waals surface area contributed by atoms with Gasteiger partial charge in [-0.05, 0) is 37.1 Å². The van der Waals surface area contributed by atoms with Gasteiger partial charge in [-0.2, -0.15) is 0 Å². The summed E-state index contributed by atoms with van der Waals surface area (Å²) in [5, 5.41) is 7.98. The van der Waals surface area contributed by atoms with E-state index in [1.165, 1.54) is 0 Å². The first-order chi connectivity index (χ1) is 8.76. The quantitative estimate of drug-likeness (QED) is 0.797. The van der Waals surface area contributed by atoms with Gasteiger partial charge >= 0.3 is 0 Å². The number of aromatic nitrogens is 3. The average molecular weight is 308 g/mol. The van der Waals surface area contributed by atoms with E-state index in [-0.39, 0.29) is 0 Å². The van der Waals surface area contributed by atoms with E-state index in [2.05, 4.69) is 33.2 Å². The van der Waals surface area contributed by atoms with Gasteiger partial charge < -0.3 is 0 Å². The smallest absolute Gasteiger partial charge is 0.172 e. The van der Waals surface area contributed by atoms with Crippen LogP contribution in [0.15, 0.2) is 28.7 Å². The van der Waals surface area contributed by atoms with Crippen LogP contribution in [-0.4, -0.2) is 21.3 Å². The molecule has 1 heterocycles. The summed E-state index contributed by atoms with van der Waals surface area (Å²) >= 11 is 3.40. The van der Waals surface area contributed by atoms with Crippen molar-refractivity contribution in [3.05, 3.63) is 40.1 Å². The predicted octanol–water partition coefficient (Wildman–Crippen LogP) is 3.18. The van der Waals surface area contributed by atoms with Crippen LogP contribution < -0.4 is 0 Å². The van der Waals surface area contributed by atoms with Crippen LogP contribution in [0.1, 0.15) is 35.9 Å². The zero-order chi connectivity index (χ0) is 13.0. The topological polar surface area (TPSA) is 47.8 Å². The van der Waals surface area contributed by atoms with Crippen LogP contribution in [0.5, 0.6) is 0 Å². The van der Waals surface area contributed by atoms with Gasteiger partial charge in [0.25, 0.3) is 0 Å². The van der Waals surface area contributed by atoms with Gasteiger partial charge in [0.15, 0.2) is 6.29 Å². The van der Waals surface area contributed by atoms with Crippen molar-refractivity contribution in [2.45, 2.75) is 26.2 Å². The maximum Gasteiger partial charge on any atom is 0.172 e. The fourth-order valence-corrected chi connectivity index (χ4v) is 2.04. The maximum atomic E-state index is 11.0. The molecule has 0 spiro atoms. The van der Waals surface area contributed by atoms with Gasteiger partial charge in [-0.3, -0.25) is 4.79 Å².